The largest absolute Gasteiger partial charge is 0.355 e. The van der Waals surface area contributed by atoms with Gasteiger partial charge in [0.15, 0.2) is 0 Å². The zero-order valence-corrected chi connectivity index (χ0v) is 29.3. The minimum atomic E-state index is 1.08. The average molecular weight is 685 g/mol. The number of hydrogen-bond acceptors (Lipinski definition) is 1. The number of aromatic nitrogens is 1. The molecule has 9 aromatic carbocycles. The molecule has 1 N–H and O–H groups in total. The Morgan fingerprint density at radius 3 is 1.69 bits per heavy atom. The molecule has 2 aliphatic rings. The van der Waals surface area contributed by atoms with Crippen molar-refractivity contribution in [2.45, 2.75) is 0 Å². The fraction of sp³-hybridized carbons (Fsp3) is 0. The van der Waals surface area contributed by atoms with E-state index in [1.165, 1.54) is 105 Å². The molecule has 54 heavy (non-hydrogen) atoms. The topological polar surface area (TPSA) is 17.0 Å². The number of benzene rings is 9. The first-order chi connectivity index (χ1) is 26.8. The first-order valence-corrected chi connectivity index (χ1v) is 18.7. The molecule has 0 unspecified atom stereocenters. The first kappa shape index (κ1) is 29.4. The molecule has 1 aliphatic heterocycles. The molecule has 250 valence electrons. The highest BCUT2D eigenvalue weighted by molar-refractivity contribution is 6.19. The van der Waals surface area contributed by atoms with Crippen LogP contribution >= 0.6 is 0 Å². The maximum atomic E-state index is 3.90. The molecular weight excluding hydrogens is 653 g/mol. The van der Waals surface area contributed by atoms with Crippen LogP contribution in [-0.2, 0) is 0 Å². The predicted octanol–water partition coefficient (Wildman–Crippen LogP) is 14.3. The Kier molecular flexibility index (Phi) is 6.09. The number of rotatable bonds is 4. The van der Waals surface area contributed by atoms with E-state index in [1.807, 2.05) is 0 Å². The summed E-state index contributed by atoms with van der Waals surface area (Å²) in [6.45, 7) is 0. The number of hydrogen-bond donors (Lipinski definition) is 1. The zero-order chi connectivity index (χ0) is 35.3. The smallest absolute Gasteiger partial charge is 0.0619 e. The van der Waals surface area contributed by atoms with E-state index in [1.54, 1.807) is 0 Å². The average Bonchev–Trinajstić information content (AvgIpc) is 3.71. The van der Waals surface area contributed by atoms with Gasteiger partial charge >= 0.3 is 0 Å². The van der Waals surface area contributed by atoms with Gasteiger partial charge in [0.2, 0.25) is 0 Å². The van der Waals surface area contributed by atoms with E-state index < -0.39 is 0 Å². The molecule has 0 spiro atoms. The van der Waals surface area contributed by atoms with Crippen LogP contribution < -0.4 is 5.32 Å². The third-order valence-electron chi connectivity index (χ3n) is 11.7. The summed E-state index contributed by atoms with van der Waals surface area (Å²) in [5.74, 6) is 0. The van der Waals surface area contributed by atoms with Gasteiger partial charge in [0.1, 0.15) is 0 Å². The molecule has 2 heterocycles. The van der Waals surface area contributed by atoms with E-state index in [4.69, 9.17) is 0 Å². The van der Waals surface area contributed by atoms with Crippen molar-refractivity contribution in [1.82, 2.24) is 4.57 Å². The molecule has 2 nitrogen and oxygen atoms in total. The molecule has 12 rings (SSSR count). The summed E-state index contributed by atoms with van der Waals surface area (Å²) in [5, 5.41) is 8.99. The van der Waals surface area contributed by atoms with Crippen LogP contribution in [0.5, 0.6) is 0 Å². The van der Waals surface area contributed by atoms with Crippen molar-refractivity contribution in [2.24, 2.45) is 0 Å². The van der Waals surface area contributed by atoms with Crippen molar-refractivity contribution in [2.75, 3.05) is 5.32 Å². The fourth-order valence-electron chi connectivity index (χ4n) is 9.32. The molecule has 2 heteroatoms. The quantitative estimate of drug-likeness (QED) is 0.195. The van der Waals surface area contributed by atoms with Crippen molar-refractivity contribution >= 4 is 44.0 Å². The standard InChI is InChI=1S/C52H32N2/c1-2-12-32(13-3-1)45-30-33(24-27-48(45)53-47-28-26-41-37-16-6-5-15-36(37)40-19-10-22-44(47)51(40)41)34-25-29-50-46(31-34)43-21-11-20-42-38-17-7-4-14-35(38)39-18-8-9-23-49(39)54(50)52(42)43/h1-31,53H. The lowest BCUT2D eigenvalue weighted by molar-refractivity contribution is 1.19. The Labute approximate surface area is 313 Å². The van der Waals surface area contributed by atoms with Gasteiger partial charge in [-0.25, -0.2) is 0 Å². The second-order valence-electron chi connectivity index (χ2n) is 14.5. The van der Waals surface area contributed by atoms with Crippen LogP contribution in [0.25, 0.3) is 105 Å². The number of nitrogens with one attached hydrogen (secondary N) is 1. The molecule has 0 atom stereocenters. The maximum absolute atomic E-state index is 3.90. The summed E-state index contributed by atoms with van der Waals surface area (Å²) in [6.07, 6.45) is 0. The lowest BCUT2D eigenvalue weighted by atomic mass is 9.93. The van der Waals surface area contributed by atoms with Crippen molar-refractivity contribution in [3.05, 3.63) is 188 Å². The van der Waals surface area contributed by atoms with E-state index in [0.717, 1.165) is 11.4 Å². The highest BCUT2D eigenvalue weighted by Gasteiger charge is 2.25. The van der Waals surface area contributed by atoms with Gasteiger partial charge in [0.25, 0.3) is 0 Å². The minimum absolute atomic E-state index is 1.08. The summed E-state index contributed by atoms with van der Waals surface area (Å²) in [5.41, 5.74) is 21.0. The molecule has 0 radical (unpaired) electrons. The van der Waals surface area contributed by atoms with Gasteiger partial charge in [-0.15, -0.1) is 0 Å². The highest BCUT2D eigenvalue weighted by Crippen LogP contribution is 2.50. The van der Waals surface area contributed by atoms with Gasteiger partial charge in [-0.05, 0) is 91.9 Å². The van der Waals surface area contributed by atoms with Gasteiger partial charge in [0.05, 0.1) is 16.7 Å². The van der Waals surface area contributed by atoms with Crippen LogP contribution in [0, 0.1) is 0 Å². The number of fused-ring (bicyclic) bond motifs is 11. The first-order valence-electron chi connectivity index (χ1n) is 18.7. The Balaban J connectivity index is 1.02. The van der Waals surface area contributed by atoms with Crippen molar-refractivity contribution in [3.63, 3.8) is 0 Å². The lowest BCUT2D eigenvalue weighted by Gasteiger charge is -2.17. The van der Waals surface area contributed by atoms with Gasteiger partial charge < -0.3 is 9.88 Å². The van der Waals surface area contributed by atoms with E-state index >= 15 is 0 Å². The van der Waals surface area contributed by atoms with Crippen LogP contribution in [0.1, 0.15) is 0 Å². The maximum Gasteiger partial charge on any atom is 0.0619 e. The van der Waals surface area contributed by atoms with Crippen LogP contribution in [-0.4, -0.2) is 4.57 Å². The van der Waals surface area contributed by atoms with E-state index in [2.05, 4.69) is 198 Å². The van der Waals surface area contributed by atoms with Crippen molar-refractivity contribution in [3.8, 4) is 72.4 Å². The molecule has 10 aromatic rings. The third kappa shape index (κ3) is 4.11. The number of anilines is 2. The summed E-state index contributed by atoms with van der Waals surface area (Å²) in [6, 6.07) is 69.1. The Morgan fingerprint density at radius 1 is 0.315 bits per heavy atom. The minimum Gasteiger partial charge on any atom is -0.355 e. The van der Waals surface area contributed by atoms with Gasteiger partial charge in [0, 0.05) is 44.2 Å². The SMILES string of the molecule is c1ccc(-c2cc(-c3ccc4c(c3)c3cccc5c3n4-c3ccccc3-c3ccccc3-5)ccc2Nc2ccc3c4c(cccc24)-c2ccccc2-3)cc1. The van der Waals surface area contributed by atoms with E-state index in [9.17, 15) is 0 Å². The lowest BCUT2D eigenvalue weighted by Crippen LogP contribution is -1.96. The molecule has 0 saturated carbocycles. The normalized spacial score (nSPS) is 12.1. The van der Waals surface area contributed by atoms with Crippen molar-refractivity contribution < 1.29 is 0 Å². The van der Waals surface area contributed by atoms with Gasteiger partial charge in [-0.1, -0.05) is 152 Å². The highest BCUT2D eigenvalue weighted by atomic mass is 15.0. The second kappa shape index (κ2) is 11.2. The Morgan fingerprint density at radius 2 is 0.889 bits per heavy atom. The predicted molar refractivity (Wildman–Crippen MR) is 228 cm³/mol. The van der Waals surface area contributed by atoms with Crippen molar-refractivity contribution in [1.29, 1.82) is 0 Å². The van der Waals surface area contributed by atoms with Crippen LogP contribution in [0.15, 0.2) is 188 Å². The molecule has 1 aliphatic carbocycles. The molecule has 0 bridgehead atoms. The second-order valence-corrected chi connectivity index (χ2v) is 14.5. The summed E-state index contributed by atoms with van der Waals surface area (Å²) >= 11 is 0. The van der Waals surface area contributed by atoms with Crippen LogP contribution in [0.2, 0.25) is 0 Å². The Bertz CT molecular complexity index is 3150. The summed E-state index contributed by atoms with van der Waals surface area (Å²) in [4.78, 5) is 0. The number of nitrogens with zero attached hydrogens (tertiary/aromatic N) is 1. The molecule has 0 amide bonds. The zero-order valence-electron chi connectivity index (χ0n) is 29.3. The molecule has 1 aromatic heterocycles. The van der Waals surface area contributed by atoms with E-state index in [-0.39, 0.29) is 0 Å². The van der Waals surface area contributed by atoms with Gasteiger partial charge in [-0.3, -0.25) is 0 Å². The molecule has 0 saturated heterocycles. The Hall–Kier alpha value is -7.16. The molecular formula is C52H32N2. The fourth-order valence-corrected chi connectivity index (χ4v) is 9.32. The summed E-state index contributed by atoms with van der Waals surface area (Å²) < 4.78 is 2.48. The monoisotopic (exact) mass is 684 g/mol. The third-order valence-corrected chi connectivity index (χ3v) is 11.7. The molecule has 0 fully saturated rings. The van der Waals surface area contributed by atoms with Gasteiger partial charge in [-0.2, -0.15) is 0 Å². The summed E-state index contributed by atoms with van der Waals surface area (Å²) in [7, 11) is 0. The van der Waals surface area contributed by atoms with E-state index in [0.29, 0.717) is 0 Å². The van der Waals surface area contributed by atoms with Crippen LogP contribution in [0.3, 0.4) is 0 Å². The number of para-hydroxylation sites is 2. The van der Waals surface area contributed by atoms with Crippen LogP contribution in [0.4, 0.5) is 11.4 Å².